The zero-order valence-corrected chi connectivity index (χ0v) is 12.7. The lowest BCUT2D eigenvalue weighted by Crippen LogP contribution is -2.23. The molecule has 2 rings (SSSR count). The molecular weight excluding hydrogens is 314 g/mol. The molecule has 18 heavy (non-hydrogen) atoms. The smallest absolute Gasteiger partial charge is 0.135 e. The van der Waals surface area contributed by atoms with E-state index in [-0.39, 0.29) is 0 Å². The summed E-state index contributed by atoms with van der Waals surface area (Å²) in [4.78, 5) is 0. The molecule has 0 saturated heterocycles. The molecule has 1 N–H and O–H groups in total. The highest BCUT2D eigenvalue weighted by Crippen LogP contribution is 2.31. The Labute approximate surface area is 120 Å². The zero-order chi connectivity index (χ0) is 13.1. The van der Waals surface area contributed by atoms with Gasteiger partial charge < -0.3 is 9.73 Å². The van der Waals surface area contributed by atoms with E-state index in [0.29, 0.717) is 11.1 Å². The predicted molar refractivity (Wildman–Crippen MR) is 79.1 cm³/mol. The normalized spacial score (nSPS) is 12.7. The number of hydrogen-bond donors (Lipinski definition) is 1. The Balaban J connectivity index is 2.24. The third-order valence-corrected chi connectivity index (χ3v) is 3.75. The summed E-state index contributed by atoms with van der Waals surface area (Å²) in [5.74, 6) is 1.84. The van der Waals surface area contributed by atoms with Crippen molar-refractivity contribution in [3.05, 3.63) is 45.6 Å². The van der Waals surface area contributed by atoms with E-state index in [1.807, 2.05) is 37.4 Å². The molecule has 0 spiro atoms. The van der Waals surface area contributed by atoms with Gasteiger partial charge in [-0.25, -0.2) is 0 Å². The van der Waals surface area contributed by atoms with Gasteiger partial charge >= 0.3 is 0 Å². The van der Waals surface area contributed by atoms with Crippen molar-refractivity contribution in [1.29, 1.82) is 0 Å². The molecule has 96 valence electrons. The van der Waals surface area contributed by atoms with Gasteiger partial charge in [-0.05, 0) is 60.2 Å². The predicted octanol–water partition coefficient (Wildman–Crippen LogP) is 4.51. The van der Waals surface area contributed by atoms with Gasteiger partial charge in [0.1, 0.15) is 11.5 Å². The Kier molecular flexibility index (Phi) is 4.49. The minimum absolute atomic E-state index is 0.401. The molecule has 0 saturated carbocycles. The molecule has 4 heteroatoms. The van der Waals surface area contributed by atoms with Gasteiger partial charge in [0.25, 0.3) is 0 Å². The van der Waals surface area contributed by atoms with Crippen LogP contribution in [0.5, 0.6) is 0 Å². The van der Waals surface area contributed by atoms with E-state index in [1.54, 1.807) is 0 Å². The fraction of sp³-hybridized carbons (Fsp3) is 0.286. The van der Waals surface area contributed by atoms with Gasteiger partial charge in [-0.2, -0.15) is 0 Å². The fourth-order valence-corrected chi connectivity index (χ4v) is 2.60. The minimum atomic E-state index is 0.401. The highest BCUT2D eigenvalue weighted by molar-refractivity contribution is 9.10. The Hall–Kier alpha value is -0.770. The standard InChI is InChI=1S/C14H15BrClNO/c1-9(17-2)7-11-4-6-14(18-11)12-5-3-10(16)8-13(12)15/h3-6,8-9,17H,7H2,1-2H3. The van der Waals surface area contributed by atoms with Gasteiger partial charge in [0.05, 0.1) is 0 Å². The Bertz CT molecular complexity index is 538. The first kappa shape index (κ1) is 13.7. The number of hydrogen-bond acceptors (Lipinski definition) is 2. The number of benzene rings is 1. The van der Waals surface area contributed by atoms with Crippen LogP contribution in [0.15, 0.2) is 39.2 Å². The lowest BCUT2D eigenvalue weighted by atomic mass is 10.2. The first-order valence-electron chi connectivity index (χ1n) is 5.81. The van der Waals surface area contributed by atoms with E-state index < -0.39 is 0 Å². The summed E-state index contributed by atoms with van der Waals surface area (Å²) in [7, 11) is 1.95. The van der Waals surface area contributed by atoms with E-state index in [0.717, 1.165) is 28.0 Å². The summed E-state index contributed by atoms with van der Waals surface area (Å²) in [5, 5.41) is 3.90. The van der Waals surface area contributed by atoms with Crippen molar-refractivity contribution in [1.82, 2.24) is 5.32 Å². The summed E-state index contributed by atoms with van der Waals surface area (Å²) in [6.45, 7) is 2.13. The molecule has 0 bridgehead atoms. The van der Waals surface area contributed by atoms with Crippen LogP contribution in [-0.2, 0) is 6.42 Å². The monoisotopic (exact) mass is 327 g/mol. The van der Waals surface area contributed by atoms with Gasteiger partial charge in [0.15, 0.2) is 0 Å². The molecule has 0 aliphatic heterocycles. The summed E-state index contributed by atoms with van der Waals surface area (Å²) >= 11 is 9.43. The maximum Gasteiger partial charge on any atom is 0.135 e. The van der Waals surface area contributed by atoms with Crippen LogP contribution in [0, 0.1) is 0 Å². The summed E-state index contributed by atoms with van der Waals surface area (Å²) in [6.07, 6.45) is 0.877. The van der Waals surface area contributed by atoms with Crippen LogP contribution in [0.3, 0.4) is 0 Å². The first-order valence-corrected chi connectivity index (χ1v) is 6.98. The van der Waals surface area contributed by atoms with Crippen molar-refractivity contribution in [3.63, 3.8) is 0 Å². The van der Waals surface area contributed by atoms with Crippen LogP contribution >= 0.6 is 27.5 Å². The number of nitrogens with one attached hydrogen (secondary N) is 1. The van der Waals surface area contributed by atoms with Crippen molar-refractivity contribution < 1.29 is 4.42 Å². The van der Waals surface area contributed by atoms with Gasteiger partial charge in [-0.15, -0.1) is 0 Å². The molecule has 0 amide bonds. The lowest BCUT2D eigenvalue weighted by Gasteiger charge is -2.07. The van der Waals surface area contributed by atoms with Gasteiger partial charge in [0, 0.05) is 27.5 Å². The SMILES string of the molecule is CNC(C)Cc1ccc(-c2ccc(Cl)cc2Br)o1. The van der Waals surface area contributed by atoms with E-state index >= 15 is 0 Å². The molecule has 1 aromatic heterocycles. The van der Waals surface area contributed by atoms with Gasteiger partial charge in [0.2, 0.25) is 0 Å². The molecule has 0 aliphatic carbocycles. The highest BCUT2D eigenvalue weighted by Gasteiger charge is 2.10. The molecule has 2 nitrogen and oxygen atoms in total. The van der Waals surface area contributed by atoms with Crippen LogP contribution in [0.4, 0.5) is 0 Å². The quantitative estimate of drug-likeness (QED) is 0.893. The zero-order valence-electron chi connectivity index (χ0n) is 10.3. The molecule has 1 atom stereocenters. The van der Waals surface area contributed by atoms with Crippen LogP contribution in [0.25, 0.3) is 11.3 Å². The summed E-state index contributed by atoms with van der Waals surface area (Å²) < 4.78 is 6.79. The molecule has 0 aliphatic rings. The first-order chi connectivity index (χ1) is 8.60. The molecule has 1 unspecified atom stereocenters. The number of likely N-dealkylation sites (N-methyl/N-ethyl adjacent to an activating group) is 1. The van der Waals surface area contributed by atoms with Crippen molar-refractivity contribution in [2.45, 2.75) is 19.4 Å². The van der Waals surface area contributed by atoms with Crippen LogP contribution in [0.1, 0.15) is 12.7 Å². The topological polar surface area (TPSA) is 25.2 Å². The van der Waals surface area contributed by atoms with E-state index in [2.05, 4.69) is 28.2 Å². The number of halogens is 2. The largest absolute Gasteiger partial charge is 0.461 e. The number of rotatable bonds is 4. The Morgan fingerprint density at radius 1 is 1.33 bits per heavy atom. The van der Waals surface area contributed by atoms with Gasteiger partial charge in [-0.1, -0.05) is 11.6 Å². The van der Waals surface area contributed by atoms with Crippen molar-refractivity contribution in [2.75, 3.05) is 7.05 Å². The Morgan fingerprint density at radius 2 is 2.11 bits per heavy atom. The lowest BCUT2D eigenvalue weighted by molar-refractivity contribution is 0.481. The average molecular weight is 329 g/mol. The second-order valence-corrected chi connectivity index (χ2v) is 5.57. The van der Waals surface area contributed by atoms with Crippen LogP contribution in [0.2, 0.25) is 5.02 Å². The average Bonchev–Trinajstić information content (AvgIpc) is 2.77. The van der Waals surface area contributed by atoms with Crippen LogP contribution < -0.4 is 5.32 Å². The summed E-state index contributed by atoms with van der Waals surface area (Å²) in [6, 6.07) is 10.1. The minimum Gasteiger partial charge on any atom is -0.461 e. The molecule has 0 radical (unpaired) electrons. The van der Waals surface area contributed by atoms with Crippen molar-refractivity contribution in [3.8, 4) is 11.3 Å². The number of furan rings is 1. The van der Waals surface area contributed by atoms with Gasteiger partial charge in [-0.3, -0.25) is 0 Å². The van der Waals surface area contributed by atoms with Crippen molar-refractivity contribution in [2.24, 2.45) is 0 Å². The summed E-state index contributed by atoms with van der Waals surface area (Å²) in [5.41, 5.74) is 1.02. The molecule has 2 aromatic rings. The molecular formula is C14H15BrClNO. The Morgan fingerprint density at radius 3 is 2.78 bits per heavy atom. The van der Waals surface area contributed by atoms with E-state index in [4.69, 9.17) is 16.0 Å². The molecule has 1 heterocycles. The second kappa shape index (κ2) is 5.91. The maximum absolute atomic E-state index is 5.93. The van der Waals surface area contributed by atoms with E-state index in [1.165, 1.54) is 0 Å². The second-order valence-electron chi connectivity index (χ2n) is 4.28. The molecule has 0 fully saturated rings. The maximum atomic E-state index is 5.93. The van der Waals surface area contributed by atoms with Crippen molar-refractivity contribution >= 4 is 27.5 Å². The fourth-order valence-electron chi connectivity index (χ4n) is 1.73. The van der Waals surface area contributed by atoms with E-state index in [9.17, 15) is 0 Å². The highest BCUT2D eigenvalue weighted by atomic mass is 79.9. The molecule has 1 aromatic carbocycles. The third kappa shape index (κ3) is 3.16. The third-order valence-electron chi connectivity index (χ3n) is 2.86. The van der Waals surface area contributed by atoms with Crippen LogP contribution in [-0.4, -0.2) is 13.1 Å².